The number of hydrogen-bond donors (Lipinski definition) is 2. The number of nitrogens with one attached hydrogen (secondary N) is 2. The molecular weight excluding hydrogens is 293 g/mol. The van der Waals surface area contributed by atoms with Gasteiger partial charge in [-0.2, -0.15) is 0 Å². The standard InChI is InChI=1S/C12H15F3N2O2S/c13-9-6-11(15)12(7-10(9)14)17-20(18,19)5-1-4-16-8-2-3-8/h6-8,16-17H,1-5H2. The van der Waals surface area contributed by atoms with Crippen LogP contribution in [0.2, 0.25) is 0 Å². The smallest absolute Gasteiger partial charge is 0.232 e. The lowest BCUT2D eigenvalue weighted by Crippen LogP contribution is -2.23. The van der Waals surface area contributed by atoms with Gasteiger partial charge in [-0.3, -0.25) is 4.72 Å². The normalized spacial score (nSPS) is 15.3. The van der Waals surface area contributed by atoms with E-state index in [1.807, 2.05) is 4.72 Å². The summed E-state index contributed by atoms with van der Waals surface area (Å²) in [4.78, 5) is 0. The Bertz CT molecular complexity index is 589. The van der Waals surface area contributed by atoms with E-state index in [4.69, 9.17) is 0 Å². The Balaban J connectivity index is 1.91. The maximum atomic E-state index is 13.3. The molecule has 1 aromatic rings. The van der Waals surface area contributed by atoms with Crippen molar-refractivity contribution in [1.82, 2.24) is 5.32 Å². The molecule has 8 heteroatoms. The summed E-state index contributed by atoms with van der Waals surface area (Å²) in [5.74, 6) is -4.03. The van der Waals surface area contributed by atoms with Gasteiger partial charge in [-0.05, 0) is 25.8 Å². The second-order valence-electron chi connectivity index (χ2n) is 4.75. The minimum Gasteiger partial charge on any atom is -0.314 e. The van der Waals surface area contributed by atoms with Gasteiger partial charge in [0.05, 0.1) is 11.4 Å². The lowest BCUT2D eigenvalue weighted by Gasteiger charge is -2.09. The Labute approximate surface area is 115 Å². The monoisotopic (exact) mass is 308 g/mol. The molecular formula is C12H15F3N2O2S. The van der Waals surface area contributed by atoms with Crippen LogP contribution in [0.1, 0.15) is 19.3 Å². The van der Waals surface area contributed by atoms with E-state index in [1.165, 1.54) is 0 Å². The number of benzene rings is 1. The fraction of sp³-hybridized carbons (Fsp3) is 0.500. The lowest BCUT2D eigenvalue weighted by molar-refractivity contribution is 0.496. The zero-order valence-electron chi connectivity index (χ0n) is 10.6. The van der Waals surface area contributed by atoms with E-state index < -0.39 is 33.2 Å². The average Bonchev–Trinajstić information content (AvgIpc) is 3.15. The SMILES string of the molecule is O=S(=O)(CCCNC1CC1)Nc1cc(F)c(F)cc1F. The van der Waals surface area contributed by atoms with Crippen LogP contribution in [0.3, 0.4) is 0 Å². The summed E-state index contributed by atoms with van der Waals surface area (Å²) >= 11 is 0. The highest BCUT2D eigenvalue weighted by Gasteiger charge is 2.20. The van der Waals surface area contributed by atoms with Crippen LogP contribution in [0.4, 0.5) is 18.9 Å². The Hall–Kier alpha value is -1.28. The van der Waals surface area contributed by atoms with Gasteiger partial charge in [-0.25, -0.2) is 21.6 Å². The van der Waals surface area contributed by atoms with Gasteiger partial charge >= 0.3 is 0 Å². The molecule has 1 saturated carbocycles. The van der Waals surface area contributed by atoms with Crippen molar-refractivity contribution in [3.63, 3.8) is 0 Å². The molecule has 0 aliphatic heterocycles. The maximum absolute atomic E-state index is 13.3. The van der Waals surface area contributed by atoms with Gasteiger partial charge < -0.3 is 5.32 Å². The number of sulfonamides is 1. The minimum atomic E-state index is -3.78. The first-order valence-electron chi connectivity index (χ1n) is 6.26. The first-order valence-corrected chi connectivity index (χ1v) is 7.91. The molecule has 0 saturated heterocycles. The zero-order chi connectivity index (χ0) is 14.8. The molecule has 0 unspecified atom stereocenters. The fourth-order valence-corrected chi connectivity index (χ4v) is 2.79. The quantitative estimate of drug-likeness (QED) is 0.598. The van der Waals surface area contributed by atoms with Crippen molar-refractivity contribution >= 4 is 15.7 Å². The lowest BCUT2D eigenvalue weighted by atomic mass is 10.3. The van der Waals surface area contributed by atoms with Crippen LogP contribution < -0.4 is 10.0 Å². The number of hydrogen-bond acceptors (Lipinski definition) is 3. The van der Waals surface area contributed by atoms with E-state index in [2.05, 4.69) is 5.32 Å². The van der Waals surface area contributed by atoms with E-state index in [9.17, 15) is 21.6 Å². The number of halogens is 3. The van der Waals surface area contributed by atoms with Crippen molar-refractivity contribution in [2.75, 3.05) is 17.0 Å². The molecule has 0 atom stereocenters. The summed E-state index contributed by atoms with van der Waals surface area (Å²) in [5, 5.41) is 3.15. The van der Waals surface area contributed by atoms with Crippen molar-refractivity contribution in [3.05, 3.63) is 29.6 Å². The predicted molar refractivity (Wildman–Crippen MR) is 69.4 cm³/mol. The molecule has 20 heavy (non-hydrogen) atoms. The molecule has 1 aliphatic rings. The van der Waals surface area contributed by atoms with E-state index in [-0.39, 0.29) is 5.75 Å². The van der Waals surface area contributed by atoms with Crippen LogP contribution >= 0.6 is 0 Å². The van der Waals surface area contributed by atoms with Crippen molar-refractivity contribution in [2.24, 2.45) is 0 Å². The molecule has 1 aromatic carbocycles. The number of rotatable bonds is 7. The molecule has 0 amide bonds. The zero-order valence-corrected chi connectivity index (χ0v) is 11.4. The first-order chi connectivity index (χ1) is 9.37. The van der Waals surface area contributed by atoms with Gasteiger partial charge in [0.1, 0.15) is 5.82 Å². The highest BCUT2D eigenvalue weighted by Crippen LogP contribution is 2.20. The Kier molecular flexibility index (Phi) is 4.54. The largest absolute Gasteiger partial charge is 0.314 e. The highest BCUT2D eigenvalue weighted by atomic mass is 32.2. The molecule has 1 aliphatic carbocycles. The van der Waals surface area contributed by atoms with Crippen molar-refractivity contribution in [1.29, 1.82) is 0 Å². The minimum absolute atomic E-state index is 0.217. The molecule has 0 heterocycles. The molecule has 0 bridgehead atoms. The average molecular weight is 308 g/mol. The van der Waals surface area contributed by atoms with Gasteiger partial charge in [0.25, 0.3) is 0 Å². The first kappa shape index (κ1) is 15.1. The number of anilines is 1. The highest BCUT2D eigenvalue weighted by molar-refractivity contribution is 7.92. The van der Waals surface area contributed by atoms with Gasteiger partial charge in [0.15, 0.2) is 11.6 Å². The van der Waals surface area contributed by atoms with Crippen LogP contribution in [0.15, 0.2) is 12.1 Å². The summed E-state index contributed by atoms with van der Waals surface area (Å²) in [6, 6.07) is 1.28. The molecule has 0 aromatic heterocycles. The summed E-state index contributed by atoms with van der Waals surface area (Å²) in [6.45, 7) is 0.547. The fourth-order valence-electron chi connectivity index (χ4n) is 1.68. The van der Waals surface area contributed by atoms with Gasteiger partial charge in [0, 0.05) is 18.2 Å². The van der Waals surface area contributed by atoms with Gasteiger partial charge in [-0.15, -0.1) is 0 Å². The molecule has 2 N–H and O–H groups in total. The molecule has 0 radical (unpaired) electrons. The third-order valence-corrected chi connectivity index (χ3v) is 4.23. The van der Waals surface area contributed by atoms with Crippen LogP contribution in [0.25, 0.3) is 0 Å². The molecule has 4 nitrogen and oxygen atoms in total. The third kappa shape index (κ3) is 4.38. The molecule has 1 fully saturated rings. The van der Waals surface area contributed by atoms with Gasteiger partial charge in [0.2, 0.25) is 10.0 Å². The summed E-state index contributed by atoms with van der Waals surface area (Å²) in [5.41, 5.74) is -0.584. The summed E-state index contributed by atoms with van der Waals surface area (Å²) < 4.78 is 64.3. The van der Waals surface area contributed by atoms with E-state index in [1.54, 1.807) is 0 Å². The Morgan fingerprint density at radius 2 is 1.75 bits per heavy atom. The maximum Gasteiger partial charge on any atom is 0.232 e. The van der Waals surface area contributed by atoms with Crippen LogP contribution in [-0.2, 0) is 10.0 Å². The van der Waals surface area contributed by atoms with Crippen molar-refractivity contribution < 1.29 is 21.6 Å². The molecule has 0 spiro atoms. The second kappa shape index (κ2) is 6.01. The Morgan fingerprint density at radius 3 is 2.40 bits per heavy atom. The van der Waals surface area contributed by atoms with E-state index >= 15 is 0 Å². The molecule has 112 valence electrons. The van der Waals surface area contributed by atoms with Gasteiger partial charge in [-0.1, -0.05) is 0 Å². The van der Waals surface area contributed by atoms with Crippen LogP contribution in [-0.4, -0.2) is 26.8 Å². The van der Waals surface area contributed by atoms with Crippen molar-refractivity contribution in [2.45, 2.75) is 25.3 Å². The predicted octanol–water partition coefficient (Wildman–Crippen LogP) is 1.99. The summed E-state index contributed by atoms with van der Waals surface area (Å²) in [6.07, 6.45) is 2.56. The third-order valence-electron chi connectivity index (χ3n) is 2.88. The summed E-state index contributed by atoms with van der Waals surface area (Å²) in [7, 11) is -3.78. The van der Waals surface area contributed by atoms with Crippen molar-refractivity contribution in [3.8, 4) is 0 Å². The van der Waals surface area contributed by atoms with E-state index in [0.29, 0.717) is 31.1 Å². The van der Waals surface area contributed by atoms with Crippen LogP contribution in [0, 0.1) is 17.5 Å². The second-order valence-corrected chi connectivity index (χ2v) is 6.59. The molecule has 2 rings (SSSR count). The Morgan fingerprint density at radius 1 is 1.10 bits per heavy atom. The topological polar surface area (TPSA) is 58.2 Å². The van der Waals surface area contributed by atoms with Crippen LogP contribution in [0.5, 0.6) is 0 Å². The van der Waals surface area contributed by atoms with E-state index in [0.717, 1.165) is 12.8 Å².